The molecule has 107 valence electrons. The molecule has 1 aliphatic rings. The summed E-state index contributed by atoms with van der Waals surface area (Å²) in [4.78, 5) is 0. The van der Waals surface area contributed by atoms with Gasteiger partial charge in [-0.2, -0.15) is 0 Å². The van der Waals surface area contributed by atoms with Crippen LogP contribution in [0.4, 0.5) is 0 Å². The topological polar surface area (TPSA) is 0 Å². The first-order chi connectivity index (χ1) is 8.93. The summed E-state index contributed by atoms with van der Waals surface area (Å²) < 4.78 is 0. The third-order valence-electron chi connectivity index (χ3n) is 4.51. The Kier molecular flexibility index (Phi) is 10.8. The van der Waals surface area contributed by atoms with Crippen LogP contribution in [0, 0.1) is 12.3 Å². The highest BCUT2D eigenvalue weighted by molar-refractivity contribution is 4.67. The summed E-state index contributed by atoms with van der Waals surface area (Å²) in [7, 11) is 0. The summed E-state index contributed by atoms with van der Waals surface area (Å²) in [6, 6.07) is 0. The maximum Gasteiger partial charge on any atom is -0.0386 e. The molecule has 0 atom stereocenters. The van der Waals surface area contributed by atoms with E-state index in [2.05, 4.69) is 13.3 Å². The molecule has 0 bridgehead atoms. The fourth-order valence-corrected chi connectivity index (χ4v) is 3.23. The zero-order valence-corrected chi connectivity index (χ0v) is 12.8. The average Bonchev–Trinajstić information content (AvgIpc) is 2.42. The normalized spacial score (nSPS) is 17.2. The zero-order valence-electron chi connectivity index (χ0n) is 12.8. The minimum atomic E-state index is 1.09. The maximum absolute atomic E-state index is 2.54. The minimum absolute atomic E-state index is 1.09. The molecule has 0 aliphatic heterocycles. The van der Waals surface area contributed by atoms with E-state index in [0.29, 0.717) is 0 Å². The lowest BCUT2D eigenvalue weighted by atomic mass is 9.85. The highest BCUT2D eigenvalue weighted by Crippen LogP contribution is 2.28. The van der Waals surface area contributed by atoms with Crippen LogP contribution in [-0.4, -0.2) is 0 Å². The molecule has 0 saturated heterocycles. The predicted octanol–water partition coefficient (Wildman–Crippen LogP) is 6.69. The molecule has 1 aliphatic carbocycles. The van der Waals surface area contributed by atoms with Crippen molar-refractivity contribution in [2.24, 2.45) is 5.92 Å². The van der Waals surface area contributed by atoms with E-state index in [1.807, 2.05) is 0 Å². The van der Waals surface area contributed by atoms with Gasteiger partial charge in [0, 0.05) is 0 Å². The van der Waals surface area contributed by atoms with Crippen molar-refractivity contribution in [2.45, 2.75) is 103 Å². The van der Waals surface area contributed by atoms with Gasteiger partial charge in [0.1, 0.15) is 0 Å². The highest BCUT2D eigenvalue weighted by atomic mass is 14.2. The van der Waals surface area contributed by atoms with Crippen molar-refractivity contribution in [3.63, 3.8) is 0 Å². The summed E-state index contributed by atoms with van der Waals surface area (Å²) in [6.07, 6.45) is 24.5. The quantitative estimate of drug-likeness (QED) is 0.359. The molecule has 0 spiro atoms. The van der Waals surface area contributed by atoms with E-state index < -0.39 is 0 Å². The van der Waals surface area contributed by atoms with E-state index in [-0.39, 0.29) is 0 Å². The second-order valence-electron chi connectivity index (χ2n) is 6.28. The molecule has 18 heavy (non-hydrogen) atoms. The lowest BCUT2D eigenvalue weighted by molar-refractivity contribution is 0.328. The third-order valence-corrected chi connectivity index (χ3v) is 4.51. The Morgan fingerprint density at radius 2 is 1.44 bits per heavy atom. The van der Waals surface area contributed by atoms with E-state index in [0.717, 1.165) is 5.92 Å². The number of hydrogen-bond donors (Lipinski definition) is 0. The Balaban J connectivity index is 1.73. The van der Waals surface area contributed by atoms with Crippen molar-refractivity contribution in [3.8, 4) is 0 Å². The van der Waals surface area contributed by atoms with Crippen molar-refractivity contribution in [1.29, 1.82) is 0 Å². The lowest BCUT2D eigenvalue weighted by Gasteiger charge is -2.21. The maximum atomic E-state index is 2.54. The molecule has 1 saturated carbocycles. The van der Waals surface area contributed by atoms with E-state index in [1.165, 1.54) is 96.3 Å². The van der Waals surface area contributed by atoms with Gasteiger partial charge in [0.2, 0.25) is 0 Å². The highest BCUT2D eigenvalue weighted by Gasteiger charge is 2.12. The SMILES string of the molecule is CCCCCC[CH]CCCCCC1CCCCC1. The molecule has 0 amide bonds. The first kappa shape index (κ1) is 16.1. The molecule has 0 N–H and O–H groups in total. The summed E-state index contributed by atoms with van der Waals surface area (Å²) in [5.74, 6) is 1.09. The van der Waals surface area contributed by atoms with E-state index in [4.69, 9.17) is 0 Å². The van der Waals surface area contributed by atoms with Gasteiger partial charge in [-0.1, -0.05) is 103 Å². The standard InChI is InChI=1S/C18H35/c1-2-3-4-5-6-7-8-9-10-12-15-18-16-13-11-14-17-18/h7,18H,2-6,8-17H2,1H3. The van der Waals surface area contributed by atoms with Gasteiger partial charge in [0.05, 0.1) is 0 Å². The Morgan fingerprint density at radius 1 is 0.778 bits per heavy atom. The average molecular weight is 251 g/mol. The molecular weight excluding hydrogens is 216 g/mol. The Morgan fingerprint density at radius 3 is 2.11 bits per heavy atom. The van der Waals surface area contributed by atoms with E-state index >= 15 is 0 Å². The molecule has 1 radical (unpaired) electrons. The molecule has 0 heterocycles. The van der Waals surface area contributed by atoms with Gasteiger partial charge in [-0.05, 0) is 12.3 Å². The van der Waals surface area contributed by atoms with Gasteiger partial charge < -0.3 is 0 Å². The van der Waals surface area contributed by atoms with Crippen molar-refractivity contribution in [2.75, 3.05) is 0 Å². The lowest BCUT2D eigenvalue weighted by Crippen LogP contribution is -2.05. The van der Waals surface area contributed by atoms with Crippen LogP contribution in [0.5, 0.6) is 0 Å². The van der Waals surface area contributed by atoms with Gasteiger partial charge >= 0.3 is 0 Å². The van der Waals surface area contributed by atoms with Crippen LogP contribution >= 0.6 is 0 Å². The molecule has 0 aromatic carbocycles. The molecule has 0 aromatic rings. The van der Waals surface area contributed by atoms with E-state index in [1.54, 1.807) is 0 Å². The van der Waals surface area contributed by atoms with Gasteiger partial charge in [-0.3, -0.25) is 0 Å². The Hall–Kier alpha value is 0. The van der Waals surface area contributed by atoms with Crippen LogP contribution in [0.25, 0.3) is 0 Å². The van der Waals surface area contributed by atoms with Crippen molar-refractivity contribution in [3.05, 3.63) is 6.42 Å². The number of unbranched alkanes of at least 4 members (excludes halogenated alkanes) is 9. The van der Waals surface area contributed by atoms with E-state index in [9.17, 15) is 0 Å². The molecule has 0 unspecified atom stereocenters. The summed E-state index contributed by atoms with van der Waals surface area (Å²) >= 11 is 0. The van der Waals surface area contributed by atoms with Crippen LogP contribution in [0.1, 0.15) is 103 Å². The third kappa shape index (κ3) is 9.00. The molecular formula is C18H35. The first-order valence-electron chi connectivity index (χ1n) is 8.75. The predicted molar refractivity (Wildman–Crippen MR) is 82.7 cm³/mol. The van der Waals surface area contributed by atoms with Crippen LogP contribution < -0.4 is 0 Å². The van der Waals surface area contributed by atoms with Crippen molar-refractivity contribution >= 4 is 0 Å². The monoisotopic (exact) mass is 251 g/mol. The first-order valence-corrected chi connectivity index (χ1v) is 8.75. The van der Waals surface area contributed by atoms with Crippen LogP contribution in [-0.2, 0) is 0 Å². The smallest absolute Gasteiger partial charge is 0.0386 e. The van der Waals surface area contributed by atoms with Gasteiger partial charge in [0.25, 0.3) is 0 Å². The second-order valence-corrected chi connectivity index (χ2v) is 6.28. The number of hydrogen-bond acceptors (Lipinski definition) is 0. The summed E-state index contributed by atoms with van der Waals surface area (Å²) in [5, 5.41) is 0. The molecule has 1 fully saturated rings. The second kappa shape index (κ2) is 12.1. The van der Waals surface area contributed by atoms with Crippen LogP contribution in [0.3, 0.4) is 0 Å². The van der Waals surface area contributed by atoms with Crippen molar-refractivity contribution < 1.29 is 0 Å². The van der Waals surface area contributed by atoms with Gasteiger partial charge in [0.15, 0.2) is 0 Å². The molecule has 0 heteroatoms. The zero-order chi connectivity index (χ0) is 12.9. The fourth-order valence-electron chi connectivity index (χ4n) is 3.23. The Bertz CT molecular complexity index is 155. The fraction of sp³-hybridized carbons (Fsp3) is 0.944. The van der Waals surface area contributed by atoms with Gasteiger partial charge in [-0.25, -0.2) is 0 Å². The van der Waals surface area contributed by atoms with Crippen LogP contribution in [0.2, 0.25) is 0 Å². The molecule has 0 nitrogen and oxygen atoms in total. The summed E-state index contributed by atoms with van der Waals surface area (Å²) in [5.41, 5.74) is 0. The van der Waals surface area contributed by atoms with Crippen molar-refractivity contribution in [1.82, 2.24) is 0 Å². The Labute approximate surface area is 116 Å². The van der Waals surface area contributed by atoms with Gasteiger partial charge in [-0.15, -0.1) is 0 Å². The molecule has 0 aromatic heterocycles. The largest absolute Gasteiger partial charge is 0.0654 e. The minimum Gasteiger partial charge on any atom is -0.0654 e. The molecule has 1 rings (SSSR count). The van der Waals surface area contributed by atoms with Crippen LogP contribution in [0.15, 0.2) is 0 Å². The number of rotatable bonds is 11. The summed E-state index contributed by atoms with van der Waals surface area (Å²) in [6.45, 7) is 2.29.